The van der Waals surface area contributed by atoms with Crippen LogP contribution in [0.25, 0.3) is 0 Å². The first-order chi connectivity index (χ1) is 8.31. The van der Waals surface area contributed by atoms with E-state index in [9.17, 15) is 4.79 Å². The van der Waals surface area contributed by atoms with Crippen LogP contribution in [0.1, 0.15) is 54.9 Å². The van der Waals surface area contributed by atoms with Gasteiger partial charge in [-0.3, -0.25) is 4.79 Å². The van der Waals surface area contributed by atoms with E-state index in [1.54, 1.807) is 0 Å². The number of allylic oxidation sites excluding steroid dienone is 2. The summed E-state index contributed by atoms with van der Waals surface area (Å²) in [4.78, 5) is 12.3. The molecule has 0 fully saturated rings. The molecule has 0 aromatic heterocycles. The standard InChI is InChI=1S/C16H20O/c1-2-7-13-8-6-11-15(12-13)16(17)14-9-4-3-5-10-14/h6,8-9,11-12H,2-5,7,10H2,1H3. The van der Waals surface area contributed by atoms with E-state index >= 15 is 0 Å². The molecule has 2 rings (SSSR count). The van der Waals surface area contributed by atoms with Crippen molar-refractivity contribution in [3.8, 4) is 0 Å². The number of aryl methyl sites for hydroxylation is 1. The summed E-state index contributed by atoms with van der Waals surface area (Å²) < 4.78 is 0. The number of carbonyl (C=O) groups excluding carboxylic acids is 1. The molecule has 1 heteroatoms. The molecule has 0 bridgehead atoms. The van der Waals surface area contributed by atoms with Crippen molar-refractivity contribution >= 4 is 5.78 Å². The first-order valence-corrected chi connectivity index (χ1v) is 6.64. The van der Waals surface area contributed by atoms with Gasteiger partial charge in [0.05, 0.1) is 0 Å². The molecule has 0 unspecified atom stereocenters. The summed E-state index contributed by atoms with van der Waals surface area (Å²) in [6.07, 6.45) is 8.71. The Bertz CT molecular complexity index is 429. The van der Waals surface area contributed by atoms with Gasteiger partial charge >= 0.3 is 0 Å². The summed E-state index contributed by atoms with van der Waals surface area (Å²) in [5, 5.41) is 0. The summed E-state index contributed by atoms with van der Waals surface area (Å²) >= 11 is 0. The molecule has 0 heterocycles. The molecule has 0 N–H and O–H groups in total. The zero-order valence-corrected chi connectivity index (χ0v) is 10.5. The molecule has 1 aliphatic carbocycles. The minimum atomic E-state index is 0.239. The number of benzene rings is 1. The van der Waals surface area contributed by atoms with E-state index in [2.05, 4.69) is 25.1 Å². The molecular formula is C16H20O. The Morgan fingerprint density at radius 2 is 2.18 bits per heavy atom. The second-order valence-corrected chi connectivity index (χ2v) is 4.75. The fourth-order valence-electron chi connectivity index (χ4n) is 2.39. The van der Waals surface area contributed by atoms with E-state index in [4.69, 9.17) is 0 Å². The van der Waals surface area contributed by atoms with Crippen LogP contribution in [0.15, 0.2) is 35.9 Å². The SMILES string of the molecule is CCCc1cccc(C(=O)C2=CCCCC2)c1. The number of hydrogen-bond acceptors (Lipinski definition) is 1. The van der Waals surface area contributed by atoms with E-state index in [1.165, 1.54) is 12.0 Å². The van der Waals surface area contributed by atoms with Crippen LogP contribution in [-0.2, 0) is 6.42 Å². The van der Waals surface area contributed by atoms with E-state index in [-0.39, 0.29) is 5.78 Å². The maximum absolute atomic E-state index is 12.3. The average molecular weight is 228 g/mol. The molecule has 90 valence electrons. The smallest absolute Gasteiger partial charge is 0.188 e. The van der Waals surface area contributed by atoms with Crippen LogP contribution in [0, 0.1) is 0 Å². The van der Waals surface area contributed by atoms with Crippen molar-refractivity contribution in [2.75, 3.05) is 0 Å². The molecule has 0 aliphatic heterocycles. The van der Waals surface area contributed by atoms with Crippen molar-refractivity contribution in [2.45, 2.75) is 45.4 Å². The highest BCUT2D eigenvalue weighted by atomic mass is 16.1. The van der Waals surface area contributed by atoms with Gasteiger partial charge in [-0.2, -0.15) is 0 Å². The van der Waals surface area contributed by atoms with E-state index in [0.717, 1.165) is 43.2 Å². The van der Waals surface area contributed by atoms with Gasteiger partial charge in [0.2, 0.25) is 0 Å². The lowest BCUT2D eigenvalue weighted by atomic mass is 9.92. The van der Waals surface area contributed by atoms with Crippen LogP contribution in [0.2, 0.25) is 0 Å². The molecule has 0 saturated carbocycles. The molecule has 0 atom stereocenters. The number of ketones is 1. The Balaban J connectivity index is 2.18. The second kappa shape index (κ2) is 5.81. The Kier molecular flexibility index (Phi) is 4.13. The van der Waals surface area contributed by atoms with Gasteiger partial charge in [0.15, 0.2) is 5.78 Å². The van der Waals surface area contributed by atoms with Crippen LogP contribution in [0.4, 0.5) is 0 Å². The summed E-state index contributed by atoms with van der Waals surface area (Å²) in [7, 11) is 0. The average Bonchev–Trinajstić information content (AvgIpc) is 2.40. The van der Waals surface area contributed by atoms with Crippen molar-refractivity contribution in [2.24, 2.45) is 0 Å². The molecule has 17 heavy (non-hydrogen) atoms. The number of rotatable bonds is 4. The first-order valence-electron chi connectivity index (χ1n) is 6.64. The predicted octanol–water partition coefficient (Wildman–Crippen LogP) is 4.32. The molecule has 1 aromatic rings. The van der Waals surface area contributed by atoms with Crippen molar-refractivity contribution in [3.63, 3.8) is 0 Å². The van der Waals surface area contributed by atoms with Crippen molar-refractivity contribution in [1.29, 1.82) is 0 Å². The second-order valence-electron chi connectivity index (χ2n) is 4.75. The van der Waals surface area contributed by atoms with Gasteiger partial charge in [-0.05, 0) is 49.3 Å². The lowest BCUT2D eigenvalue weighted by Gasteiger charge is -2.12. The topological polar surface area (TPSA) is 17.1 Å². The van der Waals surface area contributed by atoms with Gasteiger partial charge in [-0.15, -0.1) is 0 Å². The number of carbonyl (C=O) groups is 1. The van der Waals surface area contributed by atoms with Gasteiger partial charge < -0.3 is 0 Å². The third kappa shape index (κ3) is 3.06. The normalized spacial score (nSPS) is 15.5. The fraction of sp³-hybridized carbons (Fsp3) is 0.438. The van der Waals surface area contributed by atoms with Crippen molar-refractivity contribution < 1.29 is 4.79 Å². The van der Waals surface area contributed by atoms with Crippen LogP contribution in [0.5, 0.6) is 0 Å². The molecule has 1 aromatic carbocycles. The summed E-state index contributed by atoms with van der Waals surface area (Å²) in [6, 6.07) is 8.11. The Morgan fingerprint density at radius 1 is 1.29 bits per heavy atom. The minimum absolute atomic E-state index is 0.239. The predicted molar refractivity (Wildman–Crippen MR) is 71.3 cm³/mol. The molecule has 0 spiro atoms. The Labute approximate surface area is 104 Å². The third-order valence-corrected chi connectivity index (χ3v) is 3.31. The van der Waals surface area contributed by atoms with E-state index in [1.807, 2.05) is 12.1 Å². The van der Waals surface area contributed by atoms with Crippen molar-refractivity contribution in [3.05, 3.63) is 47.0 Å². The quantitative estimate of drug-likeness (QED) is 0.701. The van der Waals surface area contributed by atoms with Gasteiger partial charge in [0.1, 0.15) is 0 Å². The fourth-order valence-corrected chi connectivity index (χ4v) is 2.39. The Hall–Kier alpha value is -1.37. The van der Waals surface area contributed by atoms with Crippen LogP contribution in [0.3, 0.4) is 0 Å². The Morgan fingerprint density at radius 3 is 2.88 bits per heavy atom. The third-order valence-electron chi connectivity index (χ3n) is 3.31. The zero-order chi connectivity index (χ0) is 12.1. The number of hydrogen-bond donors (Lipinski definition) is 0. The summed E-state index contributed by atoms with van der Waals surface area (Å²) in [5.74, 6) is 0.239. The van der Waals surface area contributed by atoms with Gasteiger partial charge in [0, 0.05) is 5.56 Å². The molecule has 0 saturated heterocycles. The maximum atomic E-state index is 12.3. The van der Waals surface area contributed by atoms with Gasteiger partial charge in [-0.25, -0.2) is 0 Å². The number of Topliss-reactive ketones (excluding diaryl/α,β-unsaturated/α-hetero) is 1. The van der Waals surface area contributed by atoms with Crippen LogP contribution >= 0.6 is 0 Å². The highest BCUT2D eigenvalue weighted by Gasteiger charge is 2.14. The molecule has 1 aliphatic rings. The molecule has 1 nitrogen and oxygen atoms in total. The molecule has 0 radical (unpaired) electrons. The van der Waals surface area contributed by atoms with Crippen LogP contribution in [-0.4, -0.2) is 5.78 Å². The van der Waals surface area contributed by atoms with Crippen LogP contribution < -0.4 is 0 Å². The lowest BCUT2D eigenvalue weighted by Crippen LogP contribution is -2.06. The monoisotopic (exact) mass is 228 g/mol. The maximum Gasteiger partial charge on any atom is 0.188 e. The largest absolute Gasteiger partial charge is 0.289 e. The minimum Gasteiger partial charge on any atom is -0.289 e. The highest BCUT2D eigenvalue weighted by molar-refractivity contribution is 6.08. The van der Waals surface area contributed by atoms with Gasteiger partial charge in [0.25, 0.3) is 0 Å². The van der Waals surface area contributed by atoms with Gasteiger partial charge in [-0.1, -0.05) is 37.6 Å². The molecular weight excluding hydrogens is 208 g/mol. The zero-order valence-electron chi connectivity index (χ0n) is 10.5. The van der Waals surface area contributed by atoms with E-state index < -0.39 is 0 Å². The first kappa shape index (κ1) is 12.1. The summed E-state index contributed by atoms with van der Waals surface area (Å²) in [5.41, 5.74) is 3.16. The lowest BCUT2D eigenvalue weighted by molar-refractivity contribution is 0.102. The van der Waals surface area contributed by atoms with Crippen molar-refractivity contribution in [1.82, 2.24) is 0 Å². The molecule has 0 amide bonds. The van der Waals surface area contributed by atoms with E-state index in [0.29, 0.717) is 0 Å². The summed E-state index contributed by atoms with van der Waals surface area (Å²) in [6.45, 7) is 2.16. The highest BCUT2D eigenvalue weighted by Crippen LogP contribution is 2.21.